The lowest BCUT2D eigenvalue weighted by Crippen LogP contribution is -2.23. The predicted octanol–water partition coefficient (Wildman–Crippen LogP) is 5.96. The van der Waals surface area contributed by atoms with Crippen molar-refractivity contribution in [2.24, 2.45) is 0 Å². The number of para-hydroxylation sites is 1. The molecule has 0 radical (unpaired) electrons. The number of ether oxygens (including phenoxy) is 1. The minimum Gasteiger partial charge on any atom is -0.492 e. The largest absolute Gasteiger partial charge is 0.492 e. The number of fused-ring (bicyclic) bond motifs is 1. The van der Waals surface area contributed by atoms with E-state index in [0.717, 1.165) is 32.8 Å². The van der Waals surface area contributed by atoms with Crippen LogP contribution in [0, 0.1) is 6.92 Å². The zero-order valence-electron chi connectivity index (χ0n) is 18.9. The van der Waals surface area contributed by atoms with Gasteiger partial charge in [0.15, 0.2) is 0 Å². The van der Waals surface area contributed by atoms with Crippen LogP contribution in [-0.2, 0) is 4.79 Å². The molecule has 170 valence electrons. The van der Waals surface area contributed by atoms with Gasteiger partial charge in [0.2, 0.25) is 11.0 Å². The van der Waals surface area contributed by atoms with Gasteiger partial charge in [0.1, 0.15) is 17.1 Å². The van der Waals surface area contributed by atoms with E-state index in [2.05, 4.69) is 10.4 Å². The Morgan fingerprint density at radius 2 is 1.68 bits per heavy atom. The third-order valence-electron chi connectivity index (χ3n) is 5.46. The zero-order chi connectivity index (χ0) is 23.5. The van der Waals surface area contributed by atoms with Crippen LogP contribution in [-0.4, -0.2) is 27.3 Å². The zero-order valence-corrected chi connectivity index (χ0v) is 19.8. The number of nitrogens with zero attached hydrogens (tertiary/aromatic N) is 3. The molecule has 0 aliphatic rings. The molecule has 0 saturated heterocycles. The van der Waals surface area contributed by atoms with E-state index in [1.807, 2.05) is 98.8 Å². The minimum atomic E-state index is -0.453. The van der Waals surface area contributed by atoms with Crippen LogP contribution in [0.1, 0.15) is 29.7 Å². The smallest absolute Gasteiger partial charge is 0.237 e. The highest BCUT2D eigenvalue weighted by molar-refractivity contribution is 7.20. The maximum Gasteiger partial charge on any atom is 0.237 e. The number of thiazole rings is 1. The van der Waals surface area contributed by atoms with Crippen molar-refractivity contribution in [3.05, 3.63) is 102 Å². The summed E-state index contributed by atoms with van der Waals surface area (Å²) in [5, 5.41) is 8.39. The molecule has 1 amide bonds. The standard InChI is InChI=1S/C27H24N4O2S/c1-3-33-21-15-10-16-22-25(21)29-27(34-22)31-23(17-18(2)30-31)28-26(32)24(19-11-6-4-7-12-19)20-13-8-5-9-14-20/h4-17,24H,3H2,1-2H3,(H,28,32). The fourth-order valence-electron chi connectivity index (χ4n) is 3.99. The molecule has 7 heteroatoms. The van der Waals surface area contributed by atoms with Gasteiger partial charge in [-0.05, 0) is 37.1 Å². The molecule has 0 atom stereocenters. The summed E-state index contributed by atoms with van der Waals surface area (Å²) in [6.45, 7) is 4.41. The van der Waals surface area contributed by atoms with Gasteiger partial charge in [-0.15, -0.1) is 0 Å². The summed E-state index contributed by atoms with van der Waals surface area (Å²) in [4.78, 5) is 18.4. The number of benzene rings is 3. The molecule has 3 aromatic carbocycles. The Bertz CT molecular complexity index is 1390. The van der Waals surface area contributed by atoms with Crippen molar-refractivity contribution in [1.82, 2.24) is 14.8 Å². The van der Waals surface area contributed by atoms with Crippen LogP contribution in [0.3, 0.4) is 0 Å². The number of aromatic nitrogens is 3. The molecule has 0 bridgehead atoms. The van der Waals surface area contributed by atoms with Crippen molar-refractivity contribution in [3.8, 4) is 10.9 Å². The van der Waals surface area contributed by atoms with Gasteiger partial charge >= 0.3 is 0 Å². The van der Waals surface area contributed by atoms with E-state index < -0.39 is 5.92 Å². The van der Waals surface area contributed by atoms with Gasteiger partial charge in [-0.2, -0.15) is 9.78 Å². The van der Waals surface area contributed by atoms with E-state index in [9.17, 15) is 4.79 Å². The highest BCUT2D eigenvalue weighted by atomic mass is 32.1. The number of hydrogen-bond acceptors (Lipinski definition) is 5. The topological polar surface area (TPSA) is 69.0 Å². The maximum atomic E-state index is 13.6. The van der Waals surface area contributed by atoms with Crippen molar-refractivity contribution >= 4 is 33.3 Å². The van der Waals surface area contributed by atoms with Crippen molar-refractivity contribution in [3.63, 3.8) is 0 Å². The predicted molar refractivity (Wildman–Crippen MR) is 136 cm³/mol. The Hall–Kier alpha value is -3.97. The average molecular weight is 469 g/mol. The Kier molecular flexibility index (Phi) is 6.10. The van der Waals surface area contributed by atoms with Crippen molar-refractivity contribution in [2.75, 3.05) is 11.9 Å². The summed E-state index contributed by atoms with van der Waals surface area (Å²) in [7, 11) is 0. The molecule has 0 fully saturated rings. The third kappa shape index (κ3) is 4.30. The number of amides is 1. The quantitative estimate of drug-likeness (QED) is 0.320. The second-order valence-electron chi connectivity index (χ2n) is 7.86. The molecule has 0 saturated carbocycles. The molecule has 6 nitrogen and oxygen atoms in total. The maximum absolute atomic E-state index is 13.6. The first kappa shape index (κ1) is 21.9. The Balaban J connectivity index is 1.52. The summed E-state index contributed by atoms with van der Waals surface area (Å²) < 4.78 is 8.44. The lowest BCUT2D eigenvalue weighted by Gasteiger charge is -2.18. The molecule has 1 N–H and O–H groups in total. The lowest BCUT2D eigenvalue weighted by atomic mass is 9.90. The number of hydrogen-bond donors (Lipinski definition) is 1. The van der Waals surface area contributed by atoms with Crippen LogP contribution < -0.4 is 10.1 Å². The second-order valence-corrected chi connectivity index (χ2v) is 8.87. The van der Waals surface area contributed by atoms with Gasteiger partial charge in [0, 0.05) is 6.07 Å². The molecular weight excluding hydrogens is 444 g/mol. The number of carbonyl (C=O) groups is 1. The Morgan fingerprint density at radius 3 is 2.32 bits per heavy atom. The summed E-state index contributed by atoms with van der Waals surface area (Å²) in [6.07, 6.45) is 0. The molecule has 2 aromatic heterocycles. The molecule has 0 spiro atoms. The second kappa shape index (κ2) is 9.49. The number of anilines is 1. The summed E-state index contributed by atoms with van der Waals surface area (Å²) in [5.74, 6) is 0.738. The normalized spacial score (nSPS) is 11.1. The Morgan fingerprint density at radius 1 is 1.00 bits per heavy atom. The SMILES string of the molecule is CCOc1cccc2sc(-n3nc(C)cc3NC(=O)C(c3ccccc3)c3ccccc3)nc12. The van der Waals surface area contributed by atoms with E-state index in [4.69, 9.17) is 9.72 Å². The first-order chi connectivity index (χ1) is 16.6. The molecule has 0 unspecified atom stereocenters. The molecule has 0 aliphatic heterocycles. The first-order valence-corrected chi connectivity index (χ1v) is 12.0. The lowest BCUT2D eigenvalue weighted by molar-refractivity contribution is -0.116. The number of aryl methyl sites for hydroxylation is 1. The summed E-state index contributed by atoms with van der Waals surface area (Å²) in [5.41, 5.74) is 3.43. The number of carbonyl (C=O) groups excluding carboxylic acids is 1. The molecule has 0 aliphatic carbocycles. The number of nitrogens with one attached hydrogen (secondary N) is 1. The van der Waals surface area contributed by atoms with Crippen LogP contribution in [0.25, 0.3) is 15.3 Å². The molecular formula is C27H24N4O2S. The van der Waals surface area contributed by atoms with Crippen LogP contribution >= 0.6 is 11.3 Å². The van der Waals surface area contributed by atoms with Crippen LogP contribution in [0.4, 0.5) is 5.82 Å². The van der Waals surface area contributed by atoms with Gasteiger partial charge in [-0.1, -0.05) is 78.1 Å². The average Bonchev–Trinajstić information content (AvgIpc) is 3.44. The fourth-order valence-corrected chi connectivity index (χ4v) is 4.94. The first-order valence-electron chi connectivity index (χ1n) is 11.1. The van der Waals surface area contributed by atoms with Crippen molar-refractivity contribution in [2.45, 2.75) is 19.8 Å². The molecule has 5 aromatic rings. The molecule has 34 heavy (non-hydrogen) atoms. The van der Waals surface area contributed by atoms with E-state index in [-0.39, 0.29) is 5.91 Å². The van der Waals surface area contributed by atoms with Gasteiger partial charge in [-0.25, -0.2) is 4.98 Å². The highest BCUT2D eigenvalue weighted by Crippen LogP contribution is 2.33. The monoisotopic (exact) mass is 468 g/mol. The van der Waals surface area contributed by atoms with Crippen LogP contribution in [0.2, 0.25) is 0 Å². The van der Waals surface area contributed by atoms with Gasteiger partial charge in [0.25, 0.3) is 0 Å². The highest BCUT2D eigenvalue weighted by Gasteiger charge is 2.25. The molecule has 5 rings (SSSR count). The van der Waals surface area contributed by atoms with Gasteiger partial charge in [-0.3, -0.25) is 4.79 Å². The molecule has 2 heterocycles. The third-order valence-corrected chi connectivity index (χ3v) is 6.46. The fraction of sp³-hybridized carbons (Fsp3) is 0.148. The Labute approximate surface area is 201 Å². The van der Waals surface area contributed by atoms with E-state index in [1.54, 1.807) is 4.68 Å². The van der Waals surface area contributed by atoms with Crippen molar-refractivity contribution < 1.29 is 9.53 Å². The van der Waals surface area contributed by atoms with Crippen molar-refractivity contribution in [1.29, 1.82) is 0 Å². The summed E-state index contributed by atoms with van der Waals surface area (Å²) in [6, 6.07) is 27.3. The van der Waals surface area contributed by atoms with E-state index >= 15 is 0 Å². The summed E-state index contributed by atoms with van der Waals surface area (Å²) >= 11 is 1.50. The minimum absolute atomic E-state index is 0.130. The van der Waals surface area contributed by atoms with Gasteiger partial charge in [0.05, 0.1) is 22.9 Å². The van der Waals surface area contributed by atoms with E-state index in [0.29, 0.717) is 17.6 Å². The van der Waals surface area contributed by atoms with Crippen LogP contribution in [0.15, 0.2) is 84.9 Å². The van der Waals surface area contributed by atoms with Crippen LogP contribution in [0.5, 0.6) is 5.75 Å². The van der Waals surface area contributed by atoms with Gasteiger partial charge < -0.3 is 10.1 Å². The number of rotatable bonds is 7. The van der Waals surface area contributed by atoms with E-state index in [1.165, 1.54) is 11.3 Å².